The van der Waals surface area contributed by atoms with E-state index in [0.29, 0.717) is 17.4 Å². The third kappa shape index (κ3) is 4.59. The van der Waals surface area contributed by atoms with Crippen molar-refractivity contribution in [1.29, 1.82) is 0 Å². The zero-order chi connectivity index (χ0) is 12.0. The molecule has 0 aliphatic carbocycles. The van der Waals surface area contributed by atoms with Crippen molar-refractivity contribution in [2.24, 2.45) is 0 Å². The number of rotatable bonds is 6. The number of aromatic nitrogens is 1. The lowest BCUT2D eigenvalue weighted by atomic mass is 10.3. The first kappa shape index (κ1) is 12.9. The number of nitrogens with two attached hydrogens (primary N) is 1. The van der Waals surface area contributed by atoms with Crippen molar-refractivity contribution >= 4 is 22.4 Å². The Bertz CT molecular complexity index is 337. The Balaban J connectivity index is 2.16. The first-order chi connectivity index (χ1) is 7.59. The number of thiazole rings is 1. The number of unbranched alkanes of at least 4 members (excludes halogenated alkanes) is 1. The lowest BCUT2D eigenvalue weighted by Crippen LogP contribution is -2.25. The summed E-state index contributed by atoms with van der Waals surface area (Å²) in [5.74, 6) is -0.141. The average Bonchev–Trinajstić information content (AvgIpc) is 2.63. The van der Waals surface area contributed by atoms with Gasteiger partial charge < -0.3 is 16.0 Å². The van der Waals surface area contributed by atoms with Crippen LogP contribution in [-0.4, -0.2) is 43.0 Å². The fourth-order valence-electron chi connectivity index (χ4n) is 1.24. The van der Waals surface area contributed by atoms with Crippen LogP contribution in [0.5, 0.6) is 0 Å². The standard InChI is InChI=1S/C10H18N4OS/c1-14(2)6-4-3-5-12-9(15)8-7-16-10(11)13-8/h7H,3-6H2,1-2H3,(H2,11,13)(H,12,15). The van der Waals surface area contributed by atoms with Gasteiger partial charge in [0.1, 0.15) is 5.69 Å². The molecule has 1 amide bonds. The van der Waals surface area contributed by atoms with Crippen LogP contribution >= 0.6 is 11.3 Å². The van der Waals surface area contributed by atoms with Crippen LogP contribution in [0.4, 0.5) is 5.13 Å². The van der Waals surface area contributed by atoms with Crippen molar-refractivity contribution in [2.75, 3.05) is 32.9 Å². The molecule has 5 nitrogen and oxygen atoms in total. The number of nitrogen functional groups attached to an aromatic ring is 1. The van der Waals surface area contributed by atoms with Crippen molar-refractivity contribution in [3.8, 4) is 0 Å². The largest absolute Gasteiger partial charge is 0.375 e. The van der Waals surface area contributed by atoms with Gasteiger partial charge >= 0.3 is 0 Å². The molecule has 90 valence electrons. The Morgan fingerprint density at radius 3 is 2.88 bits per heavy atom. The molecule has 0 radical (unpaired) electrons. The number of carbonyl (C=O) groups is 1. The quantitative estimate of drug-likeness (QED) is 0.724. The second-order valence-corrected chi connectivity index (χ2v) is 4.73. The van der Waals surface area contributed by atoms with Crippen molar-refractivity contribution in [1.82, 2.24) is 15.2 Å². The molecule has 1 heterocycles. The molecule has 0 spiro atoms. The van der Waals surface area contributed by atoms with Crippen molar-refractivity contribution in [3.63, 3.8) is 0 Å². The fourth-order valence-corrected chi connectivity index (χ4v) is 1.78. The highest BCUT2D eigenvalue weighted by atomic mass is 32.1. The molecule has 0 saturated carbocycles. The van der Waals surface area contributed by atoms with E-state index in [0.717, 1.165) is 19.4 Å². The minimum absolute atomic E-state index is 0.141. The smallest absolute Gasteiger partial charge is 0.270 e. The molecule has 0 fully saturated rings. The lowest BCUT2D eigenvalue weighted by molar-refractivity contribution is 0.0948. The second kappa shape index (κ2) is 6.44. The maximum Gasteiger partial charge on any atom is 0.270 e. The summed E-state index contributed by atoms with van der Waals surface area (Å²) in [5, 5.41) is 4.92. The summed E-state index contributed by atoms with van der Waals surface area (Å²) < 4.78 is 0. The first-order valence-corrected chi connectivity index (χ1v) is 6.11. The summed E-state index contributed by atoms with van der Waals surface area (Å²) in [5.41, 5.74) is 5.86. The fraction of sp³-hybridized carbons (Fsp3) is 0.600. The average molecular weight is 242 g/mol. The van der Waals surface area contributed by atoms with Gasteiger partial charge in [0, 0.05) is 11.9 Å². The van der Waals surface area contributed by atoms with Gasteiger partial charge in [-0.05, 0) is 33.5 Å². The van der Waals surface area contributed by atoms with Crippen molar-refractivity contribution < 1.29 is 4.79 Å². The summed E-state index contributed by atoms with van der Waals surface area (Å²) in [6.07, 6.45) is 2.05. The van der Waals surface area contributed by atoms with Crippen LogP contribution in [-0.2, 0) is 0 Å². The number of nitrogens with zero attached hydrogens (tertiary/aromatic N) is 2. The van der Waals surface area contributed by atoms with E-state index in [4.69, 9.17) is 5.73 Å². The van der Waals surface area contributed by atoms with E-state index in [1.807, 2.05) is 14.1 Å². The summed E-state index contributed by atoms with van der Waals surface area (Å²) in [7, 11) is 4.08. The monoisotopic (exact) mass is 242 g/mol. The van der Waals surface area contributed by atoms with E-state index in [2.05, 4.69) is 15.2 Å². The summed E-state index contributed by atoms with van der Waals surface area (Å²) in [6, 6.07) is 0. The van der Waals surface area contributed by atoms with Gasteiger partial charge in [0.25, 0.3) is 5.91 Å². The first-order valence-electron chi connectivity index (χ1n) is 5.23. The molecular formula is C10H18N4OS. The molecule has 0 bridgehead atoms. The molecule has 0 aliphatic rings. The summed E-state index contributed by atoms with van der Waals surface area (Å²) in [4.78, 5) is 17.6. The molecule has 0 aromatic carbocycles. The molecular weight excluding hydrogens is 224 g/mol. The molecule has 0 saturated heterocycles. The second-order valence-electron chi connectivity index (χ2n) is 3.84. The van der Waals surface area contributed by atoms with Crippen molar-refractivity contribution in [3.05, 3.63) is 11.1 Å². The number of amides is 1. The minimum atomic E-state index is -0.141. The topological polar surface area (TPSA) is 71.2 Å². The van der Waals surface area contributed by atoms with Gasteiger partial charge in [0.2, 0.25) is 0 Å². The SMILES string of the molecule is CN(C)CCCCNC(=O)c1csc(N)n1. The summed E-state index contributed by atoms with van der Waals surface area (Å²) in [6.45, 7) is 1.73. The van der Waals surface area contributed by atoms with Gasteiger partial charge in [-0.3, -0.25) is 4.79 Å². The Labute approximate surface area is 99.7 Å². The predicted molar refractivity (Wildman–Crippen MR) is 66.6 cm³/mol. The van der Waals surface area contributed by atoms with Gasteiger partial charge in [0.15, 0.2) is 5.13 Å². The van der Waals surface area contributed by atoms with Crippen LogP contribution in [0.25, 0.3) is 0 Å². The number of hydrogen-bond donors (Lipinski definition) is 2. The number of carbonyl (C=O) groups excluding carboxylic acids is 1. The Hall–Kier alpha value is -1.14. The molecule has 0 atom stereocenters. The van der Waals surface area contributed by atoms with E-state index in [-0.39, 0.29) is 5.91 Å². The molecule has 0 unspecified atom stereocenters. The highest BCUT2D eigenvalue weighted by molar-refractivity contribution is 7.13. The number of hydrogen-bond acceptors (Lipinski definition) is 5. The molecule has 16 heavy (non-hydrogen) atoms. The van der Waals surface area contributed by atoms with Gasteiger partial charge in [-0.25, -0.2) is 4.98 Å². The predicted octanol–water partition coefficient (Wildman–Crippen LogP) is 0.797. The molecule has 1 aromatic heterocycles. The molecule has 1 rings (SSSR count). The van der Waals surface area contributed by atoms with Crippen LogP contribution < -0.4 is 11.1 Å². The third-order valence-electron chi connectivity index (χ3n) is 2.07. The van der Waals surface area contributed by atoms with Crippen LogP contribution in [0.15, 0.2) is 5.38 Å². The number of nitrogens with one attached hydrogen (secondary N) is 1. The van der Waals surface area contributed by atoms with E-state index >= 15 is 0 Å². The van der Waals surface area contributed by atoms with E-state index < -0.39 is 0 Å². The Morgan fingerprint density at radius 1 is 1.56 bits per heavy atom. The lowest BCUT2D eigenvalue weighted by Gasteiger charge is -2.08. The third-order valence-corrected chi connectivity index (χ3v) is 2.75. The molecule has 1 aromatic rings. The van der Waals surface area contributed by atoms with Gasteiger partial charge in [-0.2, -0.15) is 0 Å². The highest BCUT2D eigenvalue weighted by Crippen LogP contribution is 2.10. The zero-order valence-electron chi connectivity index (χ0n) is 9.69. The van der Waals surface area contributed by atoms with Crippen LogP contribution in [0, 0.1) is 0 Å². The van der Waals surface area contributed by atoms with Crippen molar-refractivity contribution in [2.45, 2.75) is 12.8 Å². The van der Waals surface area contributed by atoms with Crippen LogP contribution in [0.3, 0.4) is 0 Å². The normalized spacial score (nSPS) is 10.7. The van der Waals surface area contributed by atoms with E-state index in [1.165, 1.54) is 11.3 Å². The maximum absolute atomic E-state index is 11.5. The van der Waals surface area contributed by atoms with Gasteiger partial charge in [0.05, 0.1) is 0 Å². The molecule has 0 aliphatic heterocycles. The van der Waals surface area contributed by atoms with Gasteiger partial charge in [-0.1, -0.05) is 0 Å². The minimum Gasteiger partial charge on any atom is -0.375 e. The maximum atomic E-state index is 11.5. The Kier molecular flexibility index (Phi) is 5.21. The van der Waals surface area contributed by atoms with E-state index in [9.17, 15) is 4.79 Å². The molecule has 6 heteroatoms. The Morgan fingerprint density at radius 2 is 2.31 bits per heavy atom. The summed E-state index contributed by atoms with van der Waals surface area (Å²) >= 11 is 1.28. The van der Waals surface area contributed by atoms with E-state index in [1.54, 1.807) is 5.38 Å². The van der Waals surface area contributed by atoms with Crippen LogP contribution in [0.1, 0.15) is 23.3 Å². The van der Waals surface area contributed by atoms with Gasteiger partial charge in [-0.15, -0.1) is 11.3 Å². The number of anilines is 1. The molecule has 3 N–H and O–H groups in total. The van der Waals surface area contributed by atoms with Crippen LogP contribution in [0.2, 0.25) is 0 Å². The zero-order valence-corrected chi connectivity index (χ0v) is 10.5. The highest BCUT2D eigenvalue weighted by Gasteiger charge is 2.08.